The van der Waals surface area contributed by atoms with E-state index in [1.54, 1.807) is 28.2 Å². The summed E-state index contributed by atoms with van der Waals surface area (Å²) in [7, 11) is 1.62. The van der Waals surface area contributed by atoms with E-state index in [4.69, 9.17) is 4.74 Å². The van der Waals surface area contributed by atoms with Crippen LogP contribution in [-0.2, 0) is 20.9 Å². The monoisotopic (exact) mass is 376 g/mol. The maximum Gasteiger partial charge on any atom is 0.243 e. The van der Waals surface area contributed by atoms with Crippen LogP contribution in [0.4, 0.5) is 5.69 Å². The number of carbonyl (C=O) groups excluding carboxylic acids is 2. The second-order valence-corrected chi connectivity index (χ2v) is 7.67. The normalized spacial score (nSPS) is 13.6. The molecular weight excluding hydrogens is 356 g/mol. The van der Waals surface area contributed by atoms with Crippen LogP contribution in [0.15, 0.2) is 46.7 Å². The Morgan fingerprint density at radius 1 is 1.28 bits per heavy atom. The molecule has 5 nitrogen and oxygen atoms in total. The number of amides is 2. The summed E-state index contributed by atoms with van der Waals surface area (Å²) in [6.45, 7) is 1.58. The molecule has 0 bridgehead atoms. The number of hydrogen-bond acceptors (Lipinski definition) is 5. The van der Waals surface area contributed by atoms with Crippen molar-refractivity contribution in [1.82, 2.24) is 4.90 Å². The van der Waals surface area contributed by atoms with E-state index in [9.17, 15) is 9.59 Å². The number of thioether (sulfide) groups is 1. The summed E-state index contributed by atoms with van der Waals surface area (Å²) in [5.74, 6) is 0.271. The molecule has 1 aromatic heterocycles. The van der Waals surface area contributed by atoms with Gasteiger partial charge in [-0.25, -0.2) is 0 Å². The molecular formula is C18H20N2O3S2. The molecule has 0 fully saturated rings. The molecule has 2 amide bonds. The fourth-order valence-corrected chi connectivity index (χ4v) is 4.30. The van der Waals surface area contributed by atoms with Crippen molar-refractivity contribution < 1.29 is 14.3 Å². The van der Waals surface area contributed by atoms with Gasteiger partial charge in [0.15, 0.2) is 0 Å². The van der Waals surface area contributed by atoms with Crippen LogP contribution in [0.2, 0.25) is 0 Å². The van der Waals surface area contributed by atoms with Crippen LogP contribution in [0, 0.1) is 0 Å². The predicted octanol–water partition coefficient (Wildman–Crippen LogP) is 2.86. The number of rotatable bonds is 7. The van der Waals surface area contributed by atoms with E-state index in [2.05, 4.69) is 0 Å². The topological polar surface area (TPSA) is 49.9 Å². The smallest absolute Gasteiger partial charge is 0.243 e. The highest BCUT2D eigenvalue weighted by Gasteiger charge is 2.28. The van der Waals surface area contributed by atoms with E-state index in [0.29, 0.717) is 25.4 Å². The number of nitrogens with zero attached hydrogens (tertiary/aromatic N) is 2. The second-order valence-electron chi connectivity index (χ2n) is 5.62. The van der Waals surface area contributed by atoms with Crippen molar-refractivity contribution in [2.24, 2.45) is 0 Å². The van der Waals surface area contributed by atoms with Crippen LogP contribution in [0.1, 0.15) is 4.88 Å². The van der Waals surface area contributed by atoms with E-state index in [0.717, 1.165) is 15.5 Å². The second kappa shape index (κ2) is 8.51. The number of hydrogen-bond donors (Lipinski definition) is 0. The van der Waals surface area contributed by atoms with Gasteiger partial charge in [0, 0.05) is 23.4 Å². The van der Waals surface area contributed by atoms with E-state index >= 15 is 0 Å². The maximum absolute atomic E-state index is 12.9. The average Bonchev–Trinajstić information content (AvgIpc) is 3.14. The number of methoxy groups -OCH3 is 1. The van der Waals surface area contributed by atoms with Gasteiger partial charge in [-0.3, -0.25) is 9.59 Å². The average molecular weight is 377 g/mol. The molecule has 0 saturated carbocycles. The van der Waals surface area contributed by atoms with Crippen molar-refractivity contribution in [3.05, 3.63) is 46.7 Å². The minimum absolute atomic E-state index is 0.0279. The highest BCUT2D eigenvalue weighted by Crippen LogP contribution is 2.34. The lowest BCUT2D eigenvalue weighted by Crippen LogP contribution is -2.45. The standard InChI is InChI=1S/C18H20N2O3S2/c1-23-9-8-19(11-14-5-4-10-24-14)17(21)12-20-15-6-2-3-7-16(15)25-13-18(20)22/h2-7,10H,8-9,11-13H2,1H3. The minimum Gasteiger partial charge on any atom is -0.383 e. The van der Waals surface area contributed by atoms with Gasteiger partial charge in [-0.1, -0.05) is 18.2 Å². The lowest BCUT2D eigenvalue weighted by Gasteiger charge is -2.31. The van der Waals surface area contributed by atoms with Crippen molar-refractivity contribution in [3.63, 3.8) is 0 Å². The van der Waals surface area contributed by atoms with Crippen LogP contribution < -0.4 is 4.90 Å². The van der Waals surface area contributed by atoms with E-state index in [-0.39, 0.29) is 18.4 Å². The largest absolute Gasteiger partial charge is 0.383 e. The summed E-state index contributed by atoms with van der Waals surface area (Å²) in [5, 5.41) is 2.00. The van der Waals surface area contributed by atoms with Crippen LogP contribution in [0.25, 0.3) is 0 Å². The Kier molecular flexibility index (Phi) is 6.12. The summed E-state index contributed by atoms with van der Waals surface area (Å²) in [6, 6.07) is 11.7. The Labute approximate surface area is 155 Å². The minimum atomic E-state index is -0.0690. The maximum atomic E-state index is 12.9. The quantitative estimate of drug-likeness (QED) is 0.746. The van der Waals surface area contributed by atoms with Gasteiger partial charge in [0.25, 0.3) is 0 Å². The summed E-state index contributed by atoms with van der Waals surface area (Å²) in [4.78, 5) is 30.7. The zero-order valence-corrected chi connectivity index (χ0v) is 15.6. The van der Waals surface area contributed by atoms with Gasteiger partial charge in [0.2, 0.25) is 11.8 Å². The van der Waals surface area contributed by atoms with Crippen LogP contribution >= 0.6 is 23.1 Å². The van der Waals surface area contributed by atoms with Crippen molar-refractivity contribution in [1.29, 1.82) is 0 Å². The molecule has 7 heteroatoms. The van der Waals surface area contributed by atoms with Gasteiger partial charge in [-0.15, -0.1) is 23.1 Å². The third-order valence-electron chi connectivity index (χ3n) is 3.95. The Balaban J connectivity index is 1.75. The first-order valence-corrected chi connectivity index (χ1v) is 9.87. The number of carbonyl (C=O) groups is 2. The fourth-order valence-electron chi connectivity index (χ4n) is 2.65. The van der Waals surface area contributed by atoms with Crippen LogP contribution in [0.3, 0.4) is 0 Å². The third-order valence-corrected chi connectivity index (χ3v) is 5.86. The predicted molar refractivity (Wildman–Crippen MR) is 101 cm³/mol. The highest BCUT2D eigenvalue weighted by atomic mass is 32.2. The first-order chi connectivity index (χ1) is 12.2. The van der Waals surface area contributed by atoms with Crippen molar-refractivity contribution >= 4 is 40.6 Å². The lowest BCUT2D eigenvalue weighted by atomic mass is 10.2. The molecule has 25 heavy (non-hydrogen) atoms. The number of ether oxygens (including phenoxy) is 1. The number of thiophene rings is 1. The number of para-hydroxylation sites is 1. The highest BCUT2D eigenvalue weighted by molar-refractivity contribution is 8.00. The molecule has 0 radical (unpaired) electrons. The zero-order valence-electron chi connectivity index (χ0n) is 14.0. The van der Waals surface area contributed by atoms with E-state index in [1.807, 2.05) is 41.8 Å². The molecule has 2 heterocycles. The molecule has 1 aliphatic rings. The molecule has 0 atom stereocenters. The van der Waals surface area contributed by atoms with E-state index in [1.165, 1.54) is 11.8 Å². The van der Waals surface area contributed by atoms with Gasteiger partial charge in [-0.05, 0) is 23.6 Å². The van der Waals surface area contributed by atoms with Crippen molar-refractivity contribution in [2.45, 2.75) is 11.4 Å². The fraction of sp³-hybridized carbons (Fsp3) is 0.333. The SMILES string of the molecule is COCCN(Cc1cccs1)C(=O)CN1C(=O)CSc2ccccc21. The summed E-state index contributed by atoms with van der Waals surface area (Å²) in [6.07, 6.45) is 0. The summed E-state index contributed by atoms with van der Waals surface area (Å²) < 4.78 is 5.13. The molecule has 1 aliphatic heterocycles. The Morgan fingerprint density at radius 3 is 2.88 bits per heavy atom. The summed E-state index contributed by atoms with van der Waals surface area (Å²) >= 11 is 3.14. The molecule has 132 valence electrons. The third kappa shape index (κ3) is 4.42. The van der Waals surface area contributed by atoms with Crippen LogP contribution in [0.5, 0.6) is 0 Å². The first kappa shape index (κ1) is 18.0. The molecule has 0 aliphatic carbocycles. The molecule has 3 rings (SSSR count). The van der Waals surface area contributed by atoms with Crippen molar-refractivity contribution in [2.75, 3.05) is 37.5 Å². The summed E-state index contributed by atoms with van der Waals surface area (Å²) in [5.41, 5.74) is 0.819. The lowest BCUT2D eigenvalue weighted by molar-refractivity contribution is -0.132. The Hall–Kier alpha value is -1.83. The number of benzene rings is 1. The van der Waals surface area contributed by atoms with Gasteiger partial charge in [0.1, 0.15) is 6.54 Å². The molecule has 1 aromatic carbocycles. The number of anilines is 1. The molecule has 0 spiro atoms. The Bertz CT molecular complexity index is 734. The molecule has 2 aromatic rings. The van der Waals surface area contributed by atoms with Gasteiger partial charge in [-0.2, -0.15) is 0 Å². The zero-order chi connectivity index (χ0) is 17.6. The molecule has 0 unspecified atom stereocenters. The van der Waals surface area contributed by atoms with Gasteiger partial charge in [0.05, 0.1) is 24.6 Å². The molecule has 0 N–H and O–H groups in total. The van der Waals surface area contributed by atoms with E-state index < -0.39 is 0 Å². The van der Waals surface area contributed by atoms with Crippen LogP contribution in [-0.4, -0.2) is 49.3 Å². The molecule has 0 saturated heterocycles. The first-order valence-electron chi connectivity index (χ1n) is 8.00. The van der Waals surface area contributed by atoms with Gasteiger partial charge < -0.3 is 14.5 Å². The number of fused-ring (bicyclic) bond motifs is 1. The Morgan fingerprint density at radius 2 is 2.12 bits per heavy atom. The van der Waals surface area contributed by atoms with Gasteiger partial charge >= 0.3 is 0 Å². The van der Waals surface area contributed by atoms with Crippen molar-refractivity contribution in [3.8, 4) is 0 Å².